The lowest BCUT2D eigenvalue weighted by Gasteiger charge is -2.12. The van der Waals surface area contributed by atoms with Crippen molar-refractivity contribution in [3.63, 3.8) is 0 Å². The van der Waals surface area contributed by atoms with Crippen molar-refractivity contribution in [2.24, 2.45) is 5.92 Å². The summed E-state index contributed by atoms with van der Waals surface area (Å²) in [6.07, 6.45) is 2.51. The van der Waals surface area contributed by atoms with Crippen LogP contribution in [-0.4, -0.2) is 38.6 Å². The van der Waals surface area contributed by atoms with Crippen LogP contribution in [0.2, 0.25) is 0 Å². The Morgan fingerprint density at radius 2 is 1.73 bits per heavy atom. The maximum atomic E-state index is 12.2. The van der Waals surface area contributed by atoms with Crippen molar-refractivity contribution < 1.29 is 19.1 Å². The van der Waals surface area contributed by atoms with E-state index in [1.54, 1.807) is 43.5 Å². The quantitative estimate of drug-likeness (QED) is 0.563. The molecule has 30 heavy (non-hydrogen) atoms. The van der Waals surface area contributed by atoms with Gasteiger partial charge >= 0.3 is 0 Å². The van der Waals surface area contributed by atoms with Crippen LogP contribution in [0.3, 0.4) is 0 Å². The summed E-state index contributed by atoms with van der Waals surface area (Å²) in [6, 6.07) is 14.2. The average molecular weight is 434 g/mol. The third kappa shape index (κ3) is 7.24. The molecular weight excluding hydrogens is 406 g/mol. The van der Waals surface area contributed by atoms with E-state index in [-0.39, 0.29) is 30.8 Å². The molecule has 0 saturated carbocycles. The first-order chi connectivity index (χ1) is 14.1. The zero-order chi connectivity index (χ0) is 20.5. The van der Waals surface area contributed by atoms with Crippen molar-refractivity contribution in [1.82, 2.24) is 5.32 Å². The van der Waals surface area contributed by atoms with Gasteiger partial charge in [0.2, 0.25) is 5.91 Å². The highest BCUT2D eigenvalue weighted by Crippen LogP contribution is 2.25. The first-order valence-corrected chi connectivity index (χ1v) is 9.80. The smallest absolute Gasteiger partial charge is 0.262 e. The van der Waals surface area contributed by atoms with Gasteiger partial charge in [-0.25, -0.2) is 0 Å². The number of carbonyl (C=O) groups excluding carboxylic acids is 2. The molecule has 0 radical (unpaired) electrons. The van der Waals surface area contributed by atoms with Crippen LogP contribution >= 0.6 is 12.4 Å². The number of para-hydroxylation sites is 2. The molecule has 2 aromatic carbocycles. The van der Waals surface area contributed by atoms with Crippen LogP contribution in [0.1, 0.15) is 19.3 Å². The van der Waals surface area contributed by atoms with Gasteiger partial charge in [-0.15, -0.1) is 12.4 Å². The van der Waals surface area contributed by atoms with Gasteiger partial charge in [-0.2, -0.15) is 0 Å². The molecule has 3 N–H and O–H groups in total. The zero-order valence-corrected chi connectivity index (χ0v) is 17.8. The van der Waals surface area contributed by atoms with Crippen LogP contribution < -0.4 is 25.4 Å². The molecule has 0 aromatic heterocycles. The standard InChI is InChI=1S/C22H27N3O4.ClH/c1-28-19-7-2-3-8-20(19)29-15-22(27)25-18-6-4-5-17(13-18)24-21(26)10-9-16-11-12-23-14-16;/h2-8,13,16,23H,9-12,14-15H2,1H3,(H,24,26)(H,25,27);1H. The minimum atomic E-state index is -0.298. The summed E-state index contributed by atoms with van der Waals surface area (Å²) in [6.45, 7) is 1.88. The van der Waals surface area contributed by atoms with Crippen molar-refractivity contribution >= 4 is 35.6 Å². The maximum absolute atomic E-state index is 12.2. The molecular formula is C22H28ClN3O4. The molecule has 7 nitrogen and oxygen atoms in total. The maximum Gasteiger partial charge on any atom is 0.262 e. The van der Waals surface area contributed by atoms with Gasteiger partial charge in [0.15, 0.2) is 18.1 Å². The Morgan fingerprint density at radius 3 is 2.40 bits per heavy atom. The van der Waals surface area contributed by atoms with Gasteiger partial charge in [0.1, 0.15) is 0 Å². The fourth-order valence-corrected chi connectivity index (χ4v) is 3.27. The number of hydrogen-bond acceptors (Lipinski definition) is 5. The van der Waals surface area contributed by atoms with E-state index >= 15 is 0 Å². The molecule has 1 heterocycles. The Labute approximate surface area is 182 Å². The van der Waals surface area contributed by atoms with Gasteiger partial charge in [-0.05, 0) is 62.2 Å². The largest absolute Gasteiger partial charge is 0.493 e. The Hall–Kier alpha value is -2.77. The van der Waals surface area contributed by atoms with Crippen LogP contribution in [-0.2, 0) is 9.59 Å². The molecule has 2 aromatic rings. The number of rotatable bonds is 9. The number of carbonyl (C=O) groups is 2. The third-order valence-corrected chi connectivity index (χ3v) is 4.80. The number of nitrogens with one attached hydrogen (secondary N) is 3. The van der Waals surface area contributed by atoms with E-state index in [2.05, 4.69) is 16.0 Å². The van der Waals surface area contributed by atoms with Gasteiger partial charge in [0, 0.05) is 17.8 Å². The molecule has 0 aliphatic carbocycles. The van der Waals surface area contributed by atoms with Crippen molar-refractivity contribution in [3.05, 3.63) is 48.5 Å². The topological polar surface area (TPSA) is 88.7 Å². The predicted octanol–water partition coefficient (Wildman–Crippen LogP) is 3.46. The highest BCUT2D eigenvalue weighted by atomic mass is 35.5. The second-order valence-corrected chi connectivity index (χ2v) is 7.01. The minimum absolute atomic E-state index is 0. The molecule has 1 aliphatic rings. The molecule has 0 bridgehead atoms. The third-order valence-electron chi connectivity index (χ3n) is 4.80. The summed E-state index contributed by atoms with van der Waals surface area (Å²) in [7, 11) is 1.55. The monoisotopic (exact) mass is 433 g/mol. The second kappa shape index (κ2) is 12.0. The summed E-state index contributed by atoms with van der Waals surface area (Å²) >= 11 is 0. The van der Waals surface area contributed by atoms with E-state index in [4.69, 9.17) is 9.47 Å². The molecule has 1 fully saturated rings. The van der Waals surface area contributed by atoms with E-state index in [9.17, 15) is 9.59 Å². The number of benzene rings is 2. The lowest BCUT2D eigenvalue weighted by Crippen LogP contribution is -2.20. The van der Waals surface area contributed by atoms with Gasteiger partial charge in [-0.3, -0.25) is 9.59 Å². The minimum Gasteiger partial charge on any atom is -0.493 e. The van der Waals surface area contributed by atoms with Gasteiger partial charge < -0.3 is 25.4 Å². The van der Waals surface area contributed by atoms with E-state index in [1.807, 2.05) is 12.1 Å². The molecule has 1 aliphatic heterocycles. The van der Waals surface area contributed by atoms with Crippen LogP contribution in [0.5, 0.6) is 11.5 Å². The molecule has 1 unspecified atom stereocenters. The fraction of sp³-hybridized carbons (Fsp3) is 0.364. The highest BCUT2D eigenvalue weighted by molar-refractivity contribution is 5.94. The van der Waals surface area contributed by atoms with E-state index in [1.165, 1.54) is 0 Å². The zero-order valence-electron chi connectivity index (χ0n) is 17.0. The van der Waals surface area contributed by atoms with Gasteiger partial charge in [0.25, 0.3) is 5.91 Å². The molecule has 1 saturated heterocycles. The fourth-order valence-electron chi connectivity index (χ4n) is 3.27. The predicted molar refractivity (Wildman–Crippen MR) is 120 cm³/mol. The van der Waals surface area contributed by atoms with Gasteiger partial charge in [-0.1, -0.05) is 18.2 Å². The molecule has 1 atom stereocenters. The number of anilines is 2. The van der Waals surface area contributed by atoms with Crippen LogP contribution in [0, 0.1) is 5.92 Å². The SMILES string of the molecule is COc1ccccc1OCC(=O)Nc1cccc(NC(=O)CCC2CCNC2)c1.Cl. The Balaban J connectivity index is 0.00000320. The lowest BCUT2D eigenvalue weighted by molar-refractivity contribution is -0.118. The van der Waals surface area contributed by atoms with Crippen molar-refractivity contribution in [3.8, 4) is 11.5 Å². The number of methoxy groups -OCH3 is 1. The summed E-state index contributed by atoms with van der Waals surface area (Å²) in [5.74, 6) is 1.34. The van der Waals surface area contributed by atoms with Gasteiger partial charge in [0.05, 0.1) is 7.11 Å². The summed E-state index contributed by atoms with van der Waals surface area (Å²) in [5.41, 5.74) is 1.25. The normalized spacial score (nSPS) is 15.0. The average Bonchev–Trinajstić information content (AvgIpc) is 3.25. The van der Waals surface area contributed by atoms with E-state index in [0.29, 0.717) is 35.2 Å². The van der Waals surface area contributed by atoms with Crippen LogP contribution in [0.25, 0.3) is 0 Å². The van der Waals surface area contributed by atoms with E-state index < -0.39 is 0 Å². The van der Waals surface area contributed by atoms with Crippen molar-refractivity contribution in [2.45, 2.75) is 19.3 Å². The summed E-state index contributed by atoms with van der Waals surface area (Å²) in [5, 5.41) is 8.98. The Morgan fingerprint density at radius 1 is 1.03 bits per heavy atom. The number of amides is 2. The highest BCUT2D eigenvalue weighted by Gasteiger charge is 2.16. The summed E-state index contributed by atoms with van der Waals surface area (Å²) in [4.78, 5) is 24.4. The number of halogens is 1. The summed E-state index contributed by atoms with van der Waals surface area (Å²) < 4.78 is 10.7. The van der Waals surface area contributed by atoms with Crippen molar-refractivity contribution in [1.29, 1.82) is 0 Å². The first kappa shape index (κ1) is 23.5. The Kier molecular flexibility index (Phi) is 9.44. The molecule has 3 rings (SSSR count). The molecule has 2 amide bonds. The Bertz CT molecular complexity index is 841. The second-order valence-electron chi connectivity index (χ2n) is 7.01. The first-order valence-electron chi connectivity index (χ1n) is 9.80. The number of ether oxygens (including phenoxy) is 2. The molecule has 0 spiro atoms. The van der Waals surface area contributed by atoms with Crippen LogP contribution in [0.15, 0.2) is 48.5 Å². The van der Waals surface area contributed by atoms with Crippen molar-refractivity contribution in [2.75, 3.05) is 37.4 Å². The van der Waals surface area contributed by atoms with Crippen LogP contribution in [0.4, 0.5) is 11.4 Å². The molecule has 162 valence electrons. The van der Waals surface area contributed by atoms with E-state index in [0.717, 1.165) is 25.9 Å². The number of hydrogen-bond donors (Lipinski definition) is 3. The molecule has 8 heteroatoms. The lowest BCUT2D eigenvalue weighted by atomic mass is 10.0.